The Balaban J connectivity index is 1.91. The Labute approximate surface area is 137 Å². The van der Waals surface area contributed by atoms with Crippen LogP contribution in [0, 0.1) is 0 Å². The van der Waals surface area contributed by atoms with E-state index >= 15 is 0 Å². The van der Waals surface area contributed by atoms with Crippen LogP contribution in [0.5, 0.6) is 5.75 Å². The Morgan fingerprint density at radius 1 is 1.04 bits per heavy atom. The first-order valence-corrected chi connectivity index (χ1v) is 9.28. The second kappa shape index (κ2) is 8.10. The number of hydrogen-bond acceptors (Lipinski definition) is 4. The number of nitrogens with one attached hydrogen (secondary N) is 1. The van der Waals surface area contributed by atoms with Crippen molar-refractivity contribution < 1.29 is 13.2 Å². The van der Waals surface area contributed by atoms with E-state index in [1.54, 1.807) is 0 Å². The van der Waals surface area contributed by atoms with Gasteiger partial charge in [0, 0.05) is 12.6 Å². The molecule has 3 N–H and O–H groups in total. The topological polar surface area (TPSA) is 81.4 Å². The summed E-state index contributed by atoms with van der Waals surface area (Å²) in [6, 6.07) is 17.2. The standard InChI is InChI=1S/C17H22N2O3S/c1-23(20,21)19-16(12-18)11-14-7-9-17(10-8-14)22-13-15-5-3-2-4-6-15/h2-10,16,19H,11-13,18H2,1H3. The Morgan fingerprint density at radius 3 is 2.26 bits per heavy atom. The Hall–Kier alpha value is -1.89. The number of hydrogen-bond donors (Lipinski definition) is 2. The summed E-state index contributed by atoms with van der Waals surface area (Å²) >= 11 is 0. The third-order valence-corrected chi connectivity index (χ3v) is 4.08. The van der Waals surface area contributed by atoms with E-state index in [4.69, 9.17) is 10.5 Å². The lowest BCUT2D eigenvalue weighted by molar-refractivity contribution is 0.306. The molecule has 2 rings (SSSR count). The number of nitrogens with two attached hydrogens (primary N) is 1. The summed E-state index contributed by atoms with van der Waals surface area (Å²) in [7, 11) is -3.26. The molecular formula is C17H22N2O3S. The van der Waals surface area contributed by atoms with Crippen LogP contribution in [-0.2, 0) is 23.1 Å². The van der Waals surface area contributed by atoms with Gasteiger partial charge in [0.25, 0.3) is 0 Å². The molecule has 23 heavy (non-hydrogen) atoms. The summed E-state index contributed by atoms with van der Waals surface area (Å²) < 4.78 is 30.8. The molecule has 0 amide bonds. The summed E-state index contributed by atoms with van der Waals surface area (Å²) in [5, 5.41) is 0. The van der Waals surface area contributed by atoms with E-state index in [1.807, 2.05) is 54.6 Å². The molecule has 0 aliphatic heterocycles. The predicted molar refractivity (Wildman–Crippen MR) is 91.7 cm³/mol. The zero-order valence-electron chi connectivity index (χ0n) is 13.1. The van der Waals surface area contributed by atoms with E-state index in [0.717, 1.165) is 23.1 Å². The predicted octanol–water partition coefficient (Wildman–Crippen LogP) is 1.68. The van der Waals surface area contributed by atoms with Crippen LogP contribution in [0.4, 0.5) is 0 Å². The molecule has 0 saturated heterocycles. The minimum Gasteiger partial charge on any atom is -0.489 e. The molecule has 1 unspecified atom stereocenters. The Morgan fingerprint density at radius 2 is 1.70 bits per heavy atom. The van der Waals surface area contributed by atoms with Crippen molar-refractivity contribution in [1.29, 1.82) is 0 Å². The van der Waals surface area contributed by atoms with Crippen LogP contribution in [0.15, 0.2) is 54.6 Å². The lowest BCUT2D eigenvalue weighted by Gasteiger charge is -2.15. The quantitative estimate of drug-likeness (QED) is 0.770. The van der Waals surface area contributed by atoms with Crippen molar-refractivity contribution in [3.8, 4) is 5.75 Å². The number of sulfonamides is 1. The van der Waals surface area contributed by atoms with Gasteiger partial charge in [-0.25, -0.2) is 13.1 Å². The molecule has 6 heteroatoms. The van der Waals surface area contributed by atoms with Crippen LogP contribution in [0.1, 0.15) is 11.1 Å². The molecule has 0 radical (unpaired) electrons. The number of rotatable bonds is 8. The molecule has 2 aromatic rings. The molecule has 1 atom stereocenters. The second-order valence-corrected chi connectivity index (χ2v) is 7.23. The van der Waals surface area contributed by atoms with Crippen molar-refractivity contribution in [2.45, 2.75) is 19.1 Å². The summed E-state index contributed by atoms with van der Waals surface area (Å²) in [4.78, 5) is 0. The molecular weight excluding hydrogens is 312 g/mol. The summed E-state index contributed by atoms with van der Waals surface area (Å²) in [5.74, 6) is 0.776. The highest BCUT2D eigenvalue weighted by molar-refractivity contribution is 7.88. The monoisotopic (exact) mass is 334 g/mol. The van der Waals surface area contributed by atoms with Gasteiger partial charge in [-0.05, 0) is 29.7 Å². The average molecular weight is 334 g/mol. The maximum Gasteiger partial charge on any atom is 0.209 e. The number of ether oxygens (including phenoxy) is 1. The first kappa shape index (κ1) is 17.5. The molecule has 0 spiro atoms. The highest BCUT2D eigenvalue weighted by Gasteiger charge is 2.12. The maximum absolute atomic E-state index is 11.3. The minimum absolute atomic E-state index is 0.249. The molecule has 0 saturated carbocycles. The lowest BCUT2D eigenvalue weighted by Crippen LogP contribution is -2.41. The largest absolute Gasteiger partial charge is 0.489 e. The van der Waals surface area contributed by atoms with E-state index in [1.165, 1.54) is 0 Å². The van der Waals surface area contributed by atoms with Gasteiger partial charge in [-0.3, -0.25) is 0 Å². The third kappa shape index (κ3) is 6.40. The average Bonchev–Trinajstić information content (AvgIpc) is 2.53. The van der Waals surface area contributed by atoms with Crippen LogP contribution in [0.3, 0.4) is 0 Å². The van der Waals surface area contributed by atoms with Gasteiger partial charge in [0.2, 0.25) is 10.0 Å². The van der Waals surface area contributed by atoms with Crippen LogP contribution in [0.2, 0.25) is 0 Å². The van der Waals surface area contributed by atoms with Gasteiger partial charge < -0.3 is 10.5 Å². The first-order valence-electron chi connectivity index (χ1n) is 7.39. The van der Waals surface area contributed by atoms with Crippen LogP contribution in [0.25, 0.3) is 0 Å². The van der Waals surface area contributed by atoms with Crippen LogP contribution in [-0.4, -0.2) is 27.3 Å². The van der Waals surface area contributed by atoms with Crippen molar-refractivity contribution in [2.24, 2.45) is 5.73 Å². The van der Waals surface area contributed by atoms with Gasteiger partial charge in [0.05, 0.1) is 6.26 Å². The van der Waals surface area contributed by atoms with Gasteiger partial charge in [-0.2, -0.15) is 0 Å². The molecule has 0 heterocycles. The number of benzene rings is 2. The van der Waals surface area contributed by atoms with Crippen molar-refractivity contribution in [3.63, 3.8) is 0 Å². The molecule has 0 fully saturated rings. The fraction of sp³-hybridized carbons (Fsp3) is 0.294. The van der Waals surface area contributed by atoms with Crippen LogP contribution < -0.4 is 15.2 Å². The fourth-order valence-electron chi connectivity index (χ4n) is 2.22. The van der Waals surface area contributed by atoms with Gasteiger partial charge >= 0.3 is 0 Å². The SMILES string of the molecule is CS(=O)(=O)NC(CN)Cc1ccc(OCc2ccccc2)cc1. The Kier molecular flexibility index (Phi) is 6.15. The van der Waals surface area contributed by atoms with Gasteiger partial charge in [-0.15, -0.1) is 0 Å². The van der Waals surface area contributed by atoms with Gasteiger partial charge in [0.1, 0.15) is 12.4 Å². The van der Waals surface area contributed by atoms with E-state index in [9.17, 15) is 8.42 Å². The molecule has 124 valence electrons. The van der Waals surface area contributed by atoms with E-state index in [-0.39, 0.29) is 12.6 Å². The van der Waals surface area contributed by atoms with Crippen molar-refractivity contribution in [2.75, 3.05) is 12.8 Å². The highest BCUT2D eigenvalue weighted by Crippen LogP contribution is 2.15. The Bertz CT molecular complexity index is 700. The first-order chi connectivity index (χ1) is 11.0. The summed E-state index contributed by atoms with van der Waals surface area (Å²) in [6.45, 7) is 0.764. The molecule has 0 aliphatic carbocycles. The zero-order valence-corrected chi connectivity index (χ0v) is 13.9. The third-order valence-electron chi connectivity index (χ3n) is 3.32. The maximum atomic E-state index is 11.3. The van der Waals surface area contributed by atoms with Crippen LogP contribution >= 0.6 is 0 Å². The zero-order chi connectivity index (χ0) is 16.7. The summed E-state index contributed by atoms with van der Waals surface area (Å²) in [5.41, 5.74) is 7.73. The second-order valence-electron chi connectivity index (χ2n) is 5.44. The van der Waals surface area contributed by atoms with Crippen molar-refractivity contribution in [3.05, 3.63) is 65.7 Å². The van der Waals surface area contributed by atoms with Gasteiger partial charge in [0.15, 0.2) is 0 Å². The van der Waals surface area contributed by atoms with Gasteiger partial charge in [-0.1, -0.05) is 42.5 Å². The minimum atomic E-state index is -3.26. The van der Waals surface area contributed by atoms with E-state index in [0.29, 0.717) is 13.0 Å². The normalized spacial score (nSPS) is 12.8. The summed E-state index contributed by atoms with van der Waals surface area (Å²) in [6.07, 6.45) is 1.68. The highest BCUT2D eigenvalue weighted by atomic mass is 32.2. The molecule has 0 bridgehead atoms. The van der Waals surface area contributed by atoms with E-state index < -0.39 is 10.0 Å². The fourth-order valence-corrected chi connectivity index (χ4v) is 3.01. The molecule has 0 aliphatic rings. The molecule has 0 aromatic heterocycles. The lowest BCUT2D eigenvalue weighted by atomic mass is 10.1. The van der Waals surface area contributed by atoms with Crippen molar-refractivity contribution in [1.82, 2.24) is 4.72 Å². The van der Waals surface area contributed by atoms with Crippen molar-refractivity contribution >= 4 is 10.0 Å². The molecule has 5 nitrogen and oxygen atoms in total. The van der Waals surface area contributed by atoms with E-state index in [2.05, 4.69) is 4.72 Å². The smallest absolute Gasteiger partial charge is 0.209 e. The molecule has 2 aromatic carbocycles.